The molecule has 1 aromatic carbocycles. The van der Waals surface area contributed by atoms with E-state index in [0.717, 1.165) is 0 Å². The van der Waals surface area contributed by atoms with Crippen molar-refractivity contribution in [3.63, 3.8) is 0 Å². The lowest BCUT2D eigenvalue weighted by molar-refractivity contribution is 0.102. The number of fused-ring (bicyclic) bond motifs is 1. The zero-order valence-corrected chi connectivity index (χ0v) is 15.3. The highest BCUT2D eigenvalue weighted by molar-refractivity contribution is 6.31. The van der Waals surface area contributed by atoms with Gasteiger partial charge in [-0.1, -0.05) is 11.6 Å². The summed E-state index contributed by atoms with van der Waals surface area (Å²) < 4.78 is 7.02. The van der Waals surface area contributed by atoms with Gasteiger partial charge in [-0.3, -0.25) is 14.5 Å². The number of nitrogens with zero attached hydrogens (tertiary/aromatic N) is 4. The third-order valence-electron chi connectivity index (χ3n) is 4.07. The molecular weight excluding hydrogens is 368 g/mol. The van der Waals surface area contributed by atoms with Crippen LogP contribution in [0.5, 0.6) is 5.75 Å². The molecule has 4 aromatic rings. The van der Waals surface area contributed by atoms with Gasteiger partial charge in [-0.05, 0) is 18.2 Å². The number of H-pyrrole nitrogens is 1. The lowest BCUT2D eigenvalue weighted by atomic mass is 10.1. The van der Waals surface area contributed by atoms with Gasteiger partial charge in [0, 0.05) is 30.0 Å². The lowest BCUT2D eigenvalue weighted by Crippen LogP contribution is -2.13. The Morgan fingerprint density at radius 1 is 1.33 bits per heavy atom. The number of rotatable bonds is 4. The average Bonchev–Trinajstić information content (AvgIpc) is 3.27. The first-order valence-electron chi connectivity index (χ1n) is 8.03. The van der Waals surface area contributed by atoms with Crippen molar-refractivity contribution in [2.75, 3.05) is 12.4 Å². The number of halogens is 1. The number of hydrogen-bond acceptors (Lipinski definition) is 5. The van der Waals surface area contributed by atoms with Gasteiger partial charge in [0.15, 0.2) is 0 Å². The summed E-state index contributed by atoms with van der Waals surface area (Å²) in [6.45, 7) is 0. The topological polar surface area (TPSA) is 97.7 Å². The van der Waals surface area contributed by atoms with Crippen LogP contribution in [0.3, 0.4) is 0 Å². The van der Waals surface area contributed by atoms with Gasteiger partial charge in [0.05, 0.1) is 36.4 Å². The summed E-state index contributed by atoms with van der Waals surface area (Å²) in [7, 11) is 3.34. The van der Waals surface area contributed by atoms with Crippen molar-refractivity contribution in [2.45, 2.75) is 0 Å². The molecule has 9 heteroatoms. The molecular formula is C18H15ClN6O2. The molecule has 0 saturated heterocycles. The molecule has 2 N–H and O–H groups in total. The molecule has 1 amide bonds. The first-order valence-corrected chi connectivity index (χ1v) is 8.40. The monoisotopic (exact) mass is 382 g/mol. The Hall–Kier alpha value is -3.39. The standard InChI is InChI=1S/C18H15ClN6O2/c1-25-8-14(17(24-25)11-5-10(19)3-4-15(11)27-2)23-18(26)12-6-20-7-13-16(12)22-9-21-13/h3-9H,1-2H3,(H,21,22)(H,23,26). The van der Waals surface area contributed by atoms with Crippen LogP contribution in [-0.2, 0) is 7.05 Å². The van der Waals surface area contributed by atoms with Crippen LogP contribution >= 0.6 is 11.6 Å². The maximum Gasteiger partial charge on any atom is 0.259 e. The zero-order valence-electron chi connectivity index (χ0n) is 14.5. The van der Waals surface area contributed by atoms with E-state index in [1.807, 2.05) is 0 Å². The molecule has 0 spiro atoms. The number of imidazole rings is 1. The second-order valence-corrected chi connectivity index (χ2v) is 6.29. The van der Waals surface area contributed by atoms with E-state index >= 15 is 0 Å². The molecule has 0 bridgehead atoms. The van der Waals surface area contributed by atoms with Gasteiger partial charge in [0.2, 0.25) is 0 Å². The van der Waals surface area contributed by atoms with Crippen molar-refractivity contribution >= 4 is 34.2 Å². The van der Waals surface area contributed by atoms with Crippen LogP contribution in [0.15, 0.2) is 43.1 Å². The number of methoxy groups -OCH3 is 1. The number of aryl methyl sites for hydroxylation is 1. The predicted octanol–water partition coefficient (Wildman–Crippen LogP) is 3.27. The molecule has 0 aliphatic carbocycles. The van der Waals surface area contributed by atoms with Crippen molar-refractivity contribution in [1.82, 2.24) is 24.7 Å². The molecule has 3 aromatic heterocycles. The Labute approximate surface area is 159 Å². The van der Waals surface area contributed by atoms with E-state index in [2.05, 4.69) is 25.4 Å². The van der Waals surface area contributed by atoms with Gasteiger partial charge in [-0.25, -0.2) is 4.98 Å². The van der Waals surface area contributed by atoms with Crippen LogP contribution in [0.4, 0.5) is 5.69 Å². The van der Waals surface area contributed by atoms with Gasteiger partial charge < -0.3 is 15.0 Å². The Balaban J connectivity index is 1.75. The Morgan fingerprint density at radius 2 is 2.19 bits per heavy atom. The van der Waals surface area contributed by atoms with Gasteiger partial charge in [0.1, 0.15) is 17.0 Å². The predicted molar refractivity (Wildman–Crippen MR) is 102 cm³/mol. The average molecular weight is 383 g/mol. The molecule has 0 aliphatic heterocycles. The summed E-state index contributed by atoms with van der Waals surface area (Å²) in [5.41, 5.74) is 3.35. The van der Waals surface area contributed by atoms with E-state index in [9.17, 15) is 4.79 Å². The van der Waals surface area contributed by atoms with E-state index in [-0.39, 0.29) is 5.91 Å². The first kappa shape index (κ1) is 17.0. The number of carbonyl (C=O) groups excluding carboxylic acids is 1. The van der Waals surface area contributed by atoms with Crippen LogP contribution in [-0.4, -0.2) is 37.7 Å². The van der Waals surface area contributed by atoms with Gasteiger partial charge in [-0.2, -0.15) is 5.10 Å². The quantitative estimate of drug-likeness (QED) is 0.564. The molecule has 27 heavy (non-hydrogen) atoms. The molecule has 0 unspecified atom stereocenters. The minimum Gasteiger partial charge on any atom is -0.496 e. The van der Waals surface area contributed by atoms with Gasteiger partial charge in [-0.15, -0.1) is 0 Å². The first-order chi connectivity index (χ1) is 13.1. The Bertz CT molecular complexity index is 1150. The maximum atomic E-state index is 12.8. The summed E-state index contributed by atoms with van der Waals surface area (Å²) in [5, 5.41) is 7.88. The largest absolute Gasteiger partial charge is 0.496 e. The van der Waals surface area contributed by atoms with Crippen LogP contribution in [0.1, 0.15) is 10.4 Å². The lowest BCUT2D eigenvalue weighted by Gasteiger charge is -2.10. The van der Waals surface area contributed by atoms with Gasteiger partial charge in [0.25, 0.3) is 5.91 Å². The fraction of sp³-hybridized carbons (Fsp3) is 0.111. The van der Waals surface area contributed by atoms with E-state index < -0.39 is 0 Å². The van der Waals surface area contributed by atoms with Crippen molar-refractivity contribution in [3.8, 4) is 17.0 Å². The highest BCUT2D eigenvalue weighted by Gasteiger charge is 2.19. The second kappa shape index (κ2) is 6.73. The van der Waals surface area contributed by atoms with E-state index in [1.54, 1.807) is 49.4 Å². The van der Waals surface area contributed by atoms with Gasteiger partial charge >= 0.3 is 0 Å². The summed E-state index contributed by atoms with van der Waals surface area (Å²) in [5.74, 6) is 0.264. The minimum absolute atomic E-state index is 0.338. The molecule has 0 atom stereocenters. The third kappa shape index (κ3) is 3.11. The minimum atomic E-state index is -0.338. The number of nitrogens with one attached hydrogen (secondary N) is 2. The van der Waals surface area contributed by atoms with Crippen molar-refractivity contribution in [1.29, 1.82) is 0 Å². The maximum absolute atomic E-state index is 12.8. The summed E-state index contributed by atoms with van der Waals surface area (Å²) in [6.07, 6.45) is 6.33. The number of pyridine rings is 1. The van der Waals surface area contributed by atoms with E-state index in [1.165, 1.54) is 12.5 Å². The fourth-order valence-electron chi connectivity index (χ4n) is 2.86. The van der Waals surface area contributed by atoms with Crippen LogP contribution in [0.25, 0.3) is 22.3 Å². The number of benzene rings is 1. The molecule has 0 aliphatic rings. The van der Waals surface area contributed by atoms with Crippen molar-refractivity contribution < 1.29 is 9.53 Å². The second-order valence-electron chi connectivity index (χ2n) is 5.85. The number of anilines is 1. The highest BCUT2D eigenvalue weighted by Crippen LogP contribution is 2.36. The zero-order chi connectivity index (χ0) is 19.0. The molecule has 0 saturated carbocycles. The molecule has 3 heterocycles. The number of hydrogen-bond donors (Lipinski definition) is 2. The van der Waals surface area contributed by atoms with E-state index in [0.29, 0.717) is 44.3 Å². The SMILES string of the molecule is COc1ccc(Cl)cc1-c1nn(C)cc1NC(=O)c1cncc2[nH]cnc12. The summed E-state index contributed by atoms with van der Waals surface area (Å²) >= 11 is 6.14. The number of aromatic nitrogens is 5. The molecule has 8 nitrogen and oxygen atoms in total. The Kier molecular flexibility index (Phi) is 4.25. The number of aromatic amines is 1. The number of ether oxygens (including phenoxy) is 1. The highest BCUT2D eigenvalue weighted by atomic mass is 35.5. The molecule has 0 fully saturated rings. The van der Waals surface area contributed by atoms with Crippen LogP contribution < -0.4 is 10.1 Å². The number of amides is 1. The third-order valence-corrected chi connectivity index (χ3v) is 4.30. The summed E-state index contributed by atoms with van der Waals surface area (Å²) in [4.78, 5) is 24.1. The Morgan fingerprint density at radius 3 is 3.00 bits per heavy atom. The van der Waals surface area contributed by atoms with Crippen LogP contribution in [0.2, 0.25) is 5.02 Å². The van der Waals surface area contributed by atoms with Crippen molar-refractivity contribution in [3.05, 3.63) is 53.7 Å². The number of carbonyl (C=O) groups is 1. The van der Waals surface area contributed by atoms with Crippen LogP contribution in [0, 0.1) is 0 Å². The molecule has 4 rings (SSSR count). The normalized spacial score (nSPS) is 10.9. The molecule has 0 radical (unpaired) electrons. The smallest absolute Gasteiger partial charge is 0.259 e. The summed E-state index contributed by atoms with van der Waals surface area (Å²) in [6, 6.07) is 5.23. The fourth-order valence-corrected chi connectivity index (χ4v) is 3.04. The van der Waals surface area contributed by atoms with E-state index in [4.69, 9.17) is 16.3 Å². The molecule has 136 valence electrons. The van der Waals surface area contributed by atoms with Crippen molar-refractivity contribution in [2.24, 2.45) is 7.05 Å².